The van der Waals surface area contributed by atoms with Crippen LogP contribution in [-0.2, 0) is 12.2 Å². The van der Waals surface area contributed by atoms with Crippen molar-refractivity contribution in [2.45, 2.75) is 30.7 Å². The van der Waals surface area contributed by atoms with Gasteiger partial charge in [-0.25, -0.2) is 9.97 Å². The van der Waals surface area contributed by atoms with Crippen LogP contribution in [0.1, 0.15) is 34.8 Å². The normalized spacial score (nSPS) is 10.7. The van der Waals surface area contributed by atoms with Gasteiger partial charge in [0.25, 0.3) is 5.91 Å². The number of benzene rings is 2. The zero-order valence-electron chi connectivity index (χ0n) is 17.8. The first-order valence-electron chi connectivity index (χ1n) is 10.3. The Labute approximate surface area is 193 Å². The van der Waals surface area contributed by atoms with E-state index in [2.05, 4.69) is 39.2 Å². The van der Waals surface area contributed by atoms with E-state index in [1.54, 1.807) is 6.07 Å². The second kappa shape index (κ2) is 11.7. The summed E-state index contributed by atoms with van der Waals surface area (Å²) in [6, 6.07) is 19.6. The van der Waals surface area contributed by atoms with E-state index in [0.29, 0.717) is 28.2 Å². The van der Waals surface area contributed by atoms with Crippen molar-refractivity contribution >= 4 is 35.1 Å². The van der Waals surface area contributed by atoms with E-state index in [-0.39, 0.29) is 5.91 Å². The molecule has 5 nitrogen and oxygen atoms in total. The zero-order chi connectivity index (χ0) is 22.1. The molecule has 31 heavy (non-hydrogen) atoms. The summed E-state index contributed by atoms with van der Waals surface area (Å²) in [4.78, 5) is 23.4. The fourth-order valence-electron chi connectivity index (χ4n) is 3.06. The molecule has 0 radical (unpaired) electrons. The lowest BCUT2D eigenvalue weighted by Crippen LogP contribution is -2.25. The first-order valence-corrected chi connectivity index (χ1v) is 11.7. The Morgan fingerprint density at radius 2 is 1.81 bits per heavy atom. The molecule has 3 aromatic rings. The van der Waals surface area contributed by atoms with Crippen LogP contribution in [0.2, 0.25) is 5.15 Å². The van der Waals surface area contributed by atoms with Crippen LogP contribution in [0.5, 0.6) is 0 Å². The van der Waals surface area contributed by atoms with Gasteiger partial charge in [-0.3, -0.25) is 4.79 Å². The molecule has 0 aliphatic heterocycles. The van der Waals surface area contributed by atoms with Crippen molar-refractivity contribution in [3.63, 3.8) is 0 Å². The fourth-order valence-corrected chi connectivity index (χ4v) is 4.10. The van der Waals surface area contributed by atoms with Crippen LogP contribution in [0.25, 0.3) is 0 Å². The van der Waals surface area contributed by atoms with Gasteiger partial charge < -0.3 is 10.2 Å². The smallest absolute Gasteiger partial charge is 0.251 e. The number of amides is 1. The van der Waals surface area contributed by atoms with Gasteiger partial charge in [0.05, 0.1) is 0 Å². The summed E-state index contributed by atoms with van der Waals surface area (Å²) in [6.07, 6.45) is 1.85. The molecule has 0 atom stereocenters. The monoisotopic (exact) mass is 454 g/mol. The van der Waals surface area contributed by atoms with Crippen LogP contribution < -0.4 is 10.2 Å². The van der Waals surface area contributed by atoms with Gasteiger partial charge >= 0.3 is 0 Å². The first-order chi connectivity index (χ1) is 15.0. The molecular weight excluding hydrogens is 428 g/mol. The highest BCUT2D eigenvalue weighted by Crippen LogP contribution is 2.24. The molecule has 0 saturated heterocycles. The summed E-state index contributed by atoms with van der Waals surface area (Å²) < 4.78 is 0. The van der Waals surface area contributed by atoms with Crippen LogP contribution in [-0.4, -0.2) is 36.0 Å². The van der Waals surface area contributed by atoms with Crippen LogP contribution in [0.15, 0.2) is 65.8 Å². The number of halogens is 1. The molecule has 0 spiro atoms. The highest BCUT2D eigenvalue weighted by molar-refractivity contribution is 7.98. The largest absolute Gasteiger partial charge is 0.360 e. The lowest BCUT2D eigenvalue weighted by Gasteiger charge is -2.17. The summed E-state index contributed by atoms with van der Waals surface area (Å²) in [5, 5.41) is 4.06. The number of anilines is 1. The summed E-state index contributed by atoms with van der Waals surface area (Å²) in [5.74, 6) is 1.47. The Balaban J connectivity index is 1.52. The van der Waals surface area contributed by atoms with E-state index in [9.17, 15) is 4.79 Å². The van der Waals surface area contributed by atoms with Gasteiger partial charge in [0.2, 0.25) is 0 Å². The number of rotatable bonds is 10. The first kappa shape index (κ1) is 23.1. The van der Waals surface area contributed by atoms with Crippen molar-refractivity contribution in [3.05, 3.63) is 82.5 Å². The minimum atomic E-state index is -0.0584. The number of aromatic nitrogens is 2. The Kier molecular flexibility index (Phi) is 8.74. The van der Waals surface area contributed by atoms with E-state index >= 15 is 0 Å². The lowest BCUT2D eigenvalue weighted by atomic mass is 10.1. The van der Waals surface area contributed by atoms with Gasteiger partial charge in [0.15, 0.2) is 5.16 Å². The van der Waals surface area contributed by atoms with Gasteiger partial charge in [-0.15, -0.1) is 0 Å². The van der Waals surface area contributed by atoms with Crippen molar-refractivity contribution in [1.29, 1.82) is 0 Å². The van der Waals surface area contributed by atoms with Gasteiger partial charge in [-0.1, -0.05) is 72.8 Å². The molecular formula is C24H27ClN4OS. The molecule has 0 bridgehead atoms. The number of hydrogen-bond acceptors (Lipinski definition) is 5. The molecule has 1 amide bonds. The number of nitrogens with one attached hydrogen (secondary N) is 1. The highest BCUT2D eigenvalue weighted by Gasteiger charge is 2.09. The molecule has 3 rings (SSSR count). The van der Waals surface area contributed by atoms with E-state index < -0.39 is 0 Å². The van der Waals surface area contributed by atoms with Crippen molar-refractivity contribution in [2.24, 2.45) is 0 Å². The molecule has 1 N–H and O–H groups in total. The quantitative estimate of drug-likeness (QED) is 0.258. The van der Waals surface area contributed by atoms with E-state index in [0.717, 1.165) is 30.8 Å². The maximum absolute atomic E-state index is 12.4. The third-order valence-corrected chi connectivity index (χ3v) is 5.85. The molecule has 0 saturated carbocycles. The van der Waals surface area contributed by atoms with Gasteiger partial charge in [-0.2, -0.15) is 0 Å². The van der Waals surface area contributed by atoms with E-state index in [1.807, 2.05) is 49.5 Å². The van der Waals surface area contributed by atoms with Crippen molar-refractivity contribution in [3.8, 4) is 0 Å². The Bertz CT molecular complexity index is 983. The molecule has 7 heteroatoms. The average Bonchev–Trinajstić information content (AvgIpc) is 2.78. The molecule has 0 unspecified atom stereocenters. The minimum Gasteiger partial charge on any atom is -0.360 e. The number of hydrogen-bond donors (Lipinski definition) is 1. The maximum Gasteiger partial charge on any atom is 0.251 e. The van der Waals surface area contributed by atoms with Crippen molar-refractivity contribution in [2.75, 3.05) is 25.0 Å². The summed E-state index contributed by atoms with van der Waals surface area (Å²) >= 11 is 7.71. The van der Waals surface area contributed by atoms with Crippen molar-refractivity contribution in [1.82, 2.24) is 15.3 Å². The molecule has 0 fully saturated rings. The zero-order valence-corrected chi connectivity index (χ0v) is 19.4. The predicted molar refractivity (Wildman–Crippen MR) is 129 cm³/mol. The van der Waals surface area contributed by atoms with Gasteiger partial charge in [0, 0.05) is 37.5 Å². The summed E-state index contributed by atoms with van der Waals surface area (Å²) in [5.41, 5.74) is 2.96. The molecule has 162 valence electrons. The lowest BCUT2D eigenvalue weighted by molar-refractivity contribution is 0.0954. The van der Waals surface area contributed by atoms with Crippen molar-refractivity contribution < 1.29 is 4.79 Å². The van der Waals surface area contributed by atoms with Crippen LogP contribution >= 0.6 is 23.4 Å². The number of thioether (sulfide) groups is 1. The van der Waals surface area contributed by atoms with Crippen LogP contribution in [0, 0.1) is 0 Å². The summed E-state index contributed by atoms with van der Waals surface area (Å²) in [7, 11) is 2.00. The second-order valence-corrected chi connectivity index (χ2v) is 8.56. The molecule has 1 aromatic heterocycles. The SMILES string of the molecule is CCCN(C)c1cc(Cl)nc(SCc2ccc(C(=O)NCCc3ccccc3)cc2)n1. The minimum absolute atomic E-state index is 0.0584. The van der Waals surface area contributed by atoms with E-state index in [1.165, 1.54) is 17.3 Å². The van der Waals surface area contributed by atoms with Crippen LogP contribution in [0.3, 0.4) is 0 Å². The highest BCUT2D eigenvalue weighted by atomic mass is 35.5. The predicted octanol–water partition coefficient (Wildman–Crippen LogP) is 5.24. The van der Waals surface area contributed by atoms with Gasteiger partial charge in [0.1, 0.15) is 11.0 Å². The molecule has 1 heterocycles. The fraction of sp³-hybridized carbons (Fsp3) is 0.292. The third-order valence-electron chi connectivity index (χ3n) is 4.74. The standard InChI is InChI=1S/C24H27ClN4OS/c1-3-15-29(2)22-16-21(25)27-24(28-22)31-17-19-9-11-20(12-10-19)23(30)26-14-13-18-7-5-4-6-8-18/h4-12,16H,3,13-15,17H2,1-2H3,(H,26,30). The number of carbonyl (C=O) groups is 1. The average molecular weight is 455 g/mol. The number of carbonyl (C=O) groups excluding carboxylic acids is 1. The second-order valence-electron chi connectivity index (χ2n) is 7.23. The molecule has 2 aromatic carbocycles. The topological polar surface area (TPSA) is 58.1 Å². The molecule has 0 aliphatic carbocycles. The van der Waals surface area contributed by atoms with E-state index in [4.69, 9.17) is 11.6 Å². The molecule has 0 aliphatic rings. The number of nitrogens with zero attached hydrogens (tertiary/aromatic N) is 3. The Hall–Kier alpha value is -2.57. The van der Waals surface area contributed by atoms with Crippen LogP contribution in [0.4, 0.5) is 5.82 Å². The van der Waals surface area contributed by atoms with Gasteiger partial charge in [-0.05, 0) is 36.1 Å². The Morgan fingerprint density at radius 3 is 2.52 bits per heavy atom. The third kappa shape index (κ3) is 7.26. The summed E-state index contributed by atoms with van der Waals surface area (Å²) in [6.45, 7) is 3.65. The Morgan fingerprint density at radius 1 is 1.06 bits per heavy atom. The maximum atomic E-state index is 12.4.